The zero-order chi connectivity index (χ0) is 17.3. The molecule has 3 rings (SSSR count). The maximum absolute atomic E-state index is 12.9. The van der Waals surface area contributed by atoms with Gasteiger partial charge in [0.2, 0.25) is 11.8 Å². The highest BCUT2D eigenvalue weighted by molar-refractivity contribution is 6.21. The van der Waals surface area contributed by atoms with E-state index in [2.05, 4.69) is 24.7 Å². The number of rotatable bonds is 5. The predicted octanol–water partition coefficient (Wildman–Crippen LogP) is 2.73. The van der Waals surface area contributed by atoms with Crippen LogP contribution in [0.3, 0.4) is 0 Å². The summed E-state index contributed by atoms with van der Waals surface area (Å²) in [6, 6.07) is 7.06. The van der Waals surface area contributed by atoms with Crippen LogP contribution in [-0.4, -0.2) is 39.0 Å². The Kier molecular flexibility index (Phi) is 4.18. The molecule has 0 saturated carbocycles. The highest BCUT2D eigenvalue weighted by Crippen LogP contribution is 2.32. The van der Waals surface area contributed by atoms with E-state index in [4.69, 9.17) is 11.6 Å². The van der Waals surface area contributed by atoms with Crippen LogP contribution >= 0.6 is 11.6 Å². The molecule has 0 atom stereocenters. The first-order valence-electron chi connectivity index (χ1n) is 6.90. The molecule has 0 aliphatic rings. The summed E-state index contributed by atoms with van der Waals surface area (Å²) in [7, 11) is 3.72. The molecular formula is C14H13ClF2N6O. The normalized spacial score (nSPS) is 11.7. The standard InChI is InChI=1S/C14H13ClF2N6O/c1-22(2)13-18-8-23(20-13)7-9-3-5-10(6-4-9)11-19-12(24-21-11)14(15,16)17/h3-6,8H,7H2,1-2H3. The first-order chi connectivity index (χ1) is 11.3. The van der Waals surface area contributed by atoms with Crippen molar-refractivity contribution in [1.29, 1.82) is 0 Å². The fraction of sp³-hybridized carbons (Fsp3) is 0.286. The lowest BCUT2D eigenvalue weighted by Gasteiger charge is -2.05. The molecule has 2 aromatic heterocycles. The van der Waals surface area contributed by atoms with E-state index in [1.165, 1.54) is 0 Å². The van der Waals surface area contributed by atoms with Crippen molar-refractivity contribution in [3.05, 3.63) is 42.0 Å². The van der Waals surface area contributed by atoms with E-state index in [1.807, 2.05) is 26.2 Å². The van der Waals surface area contributed by atoms with Gasteiger partial charge in [-0.3, -0.25) is 0 Å². The van der Waals surface area contributed by atoms with Gasteiger partial charge >= 0.3 is 11.3 Å². The molecule has 3 aromatic rings. The lowest BCUT2D eigenvalue weighted by Crippen LogP contribution is -2.11. The van der Waals surface area contributed by atoms with Crippen molar-refractivity contribution in [2.45, 2.75) is 11.9 Å². The maximum atomic E-state index is 12.9. The third-order valence-corrected chi connectivity index (χ3v) is 3.31. The minimum absolute atomic E-state index is 0.0486. The Bertz CT molecular complexity index is 824. The third-order valence-electron chi connectivity index (χ3n) is 3.15. The first kappa shape index (κ1) is 16.3. The van der Waals surface area contributed by atoms with E-state index in [-0.39, 0.29) is 5.82 Å². The zero-order valence-electron chi connectivity index (χ0n) is 12.8. The molecule has 0 spiro atoms. The first-order valence-corrected chi connectivity index (χ1v) is 7.28. The van der Waals surface area contributed by atoms with Gasteiger partial charge in [0.1, 0.15) is 6.33 Å². The SMILES string of the molecule is CN(C)c1ncn(Cc2ccc(-c3noc(C(F)(F)Cl)n3)cc2)n1. The molecule has 0 fully saturated rings. The lowest BCUT2D eigenvalue weighted by atomic mass is 10.1. The Morgan fingerprint density at radius 1 is 1.25 bits per heavy atom. The van der Waals surface area contributed by atoms with Gasteiger partial charge in [0.05, 0.1) is 6.54 Å². The van der Waals surface area contributed by atoms with E-state index in [0.29, 0.717) is 18.1 Å². The van der Waals surface area contributed by atoms with Crippen LogP contribution in [0.4, 0.5) is 14.7 Å². The second-order valence-corrected chi connectivity index (χ2v) is 5.73. The van der Waals surface area contributed by atoms with Crippen LogP contribution in [0.1, 0.15) is 11.5 Å². The van der Waals surface area contributed by atoms with Crippen molar-refractivity contribution in [1.82, 2.24) is 24.9 Å². The van der Waals surface area contributed by atoms with Gasteiger partial charge in [-0.2, -0.15) is 13.8 Å². The predicted molar refractivity (Wildman–Crippen MR) is 82.9 cm³/mol. The molecule has 7 nitrogen and oxygen atoms in total. The Hall–Kier alpha value is -2.55. The Labute approximate surface area is 140 Å². The second-order valence-electron chi connectivity index (χ2n) is 5.25. The number of hydrogen-bond donors (Lipinski definition) is 0. The summed E-state index contributed by atoms with van der Waals surface area (Å²) < 4.78 is 32.0. The van der Waals surface area contributed by atoms with Crippen molar-refractivity contribution < 1.29 is 13.3 Å². The fourth-order valence-electron chi connectivity index (χ4n) is 1.97. The van der Waals surface area contributed by atoms with Gasteiger partial charge in [-0.25, -0.2) is 9.67 Å². The summed E-state index contributed by atoms with van der Waals surface area (Å²) in [6.45, 7) is 0.526. The van der Waals surface area contributed by atoms with Crippen molar-refractivity contribution in [3.63, 3.8) is 0 Å². The van der Waals surface area contributed by atoms with Crippen LogP contribution < -0.4 is 4.90 Å². The number of hydrogen-bond acceptors (Lipinski definition) is 6. The Balaban J connectivity index is 1.74. The summed E-state index contributed by atoms with van der Waals surface area (Å²) in [4.78, 5) is 9.57. The van der Waals surface area contributed by atoms with Crippen LogP contribution in [0.2, 0.25) is 0 Å². The van der Waals surface area contributed by atoms with Crippen LogP contribution in [-0.2, 0) is 11.9 Å². The van der Waals surface area contributed by atoms with Gasteiger partial charge in [-0.05, 0) is 17.2 Å². The molecule has 1 aromatic carbocycles. The molecule has 0 unspecified atom stereocenters. The van der Waals surface area contributed by atoms with Crippen LogP contribution in [0.15, 0.2) is 35.1 Å². The van der Waals surface area contributed by atoms with Crippen LogP contribution in [0.5, 0.6) is 0 Å². The molecule has 0 aliphatic heterocycles. The number of nitrogens with zero attached hydrogens (tertiary/aromatic N) is 6. The molecule has 0 amide bonds. The van der Waals surface area contributed by atoms with E-state index < -0.39 is 11.3 Å². The molecule has 0 saturated heterocycles. The molecule has 0 radical (unpaired) electrons. The van der Waals surface area contributed by atoms with Gasteiger partial charge in [-0.1, -0.05) is 29.4 Å². The third kappa shape index (κ3) is 3.51. The largest absolute Gasteiger partial charge is 0.400 e. The quantitative estimate of drug-likeness (QED) is 0.656. The average molecular weight is 355 g/mol. The van der Waals surface area contributed by atoms with Crippen molar-refractivity contribution in [2.75, 3.05) is 19.0 Å². The average Bonchev–Trinajstić information content (AvgIpc) is 3.16. The number of aromatic nitrogens is 5. The lowest BCUT2D eigenvalue weighted by molar-refractivity contribution is 0.0551. The number of benzene rings is 1. The maximum Gasteiger partial charge on any atom is 0.400 e. The van der Waals surface area contributed by atoms with Crippen LogP contribution in [0.25, 0.3) is 11.4 Å². The molecule has 2 heterocycles. The van der Waals surface area contributed by atoms with E-state index in [1.54, 1.807) is 28.0 Å². The Morgan fingerprint density at radius 3 is 2.50 bits per heavy atom. The summed E-state index contributed by atoms with van der Waals surface area (Å²) in [5, 5.41) is 4.14. The Morgan fingerprint density at radius 2 is 1.96 bits per heavy atom. The van der Waals surface area contributed by atoms with E-state index >= 15 is 0 Å². The highest BCUT2D eigenvalue weighted by atomic mass is 35.5. The molecule has 24 heavy (non-hydrogen) atoms. The van der Waals surface area contributed by atoms with E-state index in [0.717, 1.165) is 5.56 Å². The van der Waals surface area contributed by atoms with Gasteiger partial charge in [0, 0.05) is 19.7 Å². The topological polar surface area (TPSA) is 72.9 Å². The van der Waals surface area contributed by atoms with Crippen molar-refractivity contribution in [2.24, 2.45) is 0 Å². The van der Waals surface area contributed by atoms with Crippen molar-refractivity contribution in [3.8, 4) is 11.4 Å². The number of alkyl halides is 3. The minimum Gasteiger partial charge on any atom is -0.346 e. The van der Waals surface area contributed by atoms with E-state index in [9.17, 15) is 8.78 Å². The molecule has 0 aliphatic carbocycles. The monoisotopic (exact) mass is 354 g/mol. The highest BCUT2D eigenvalue weighted by Gasteiger charge is 2.35. The number of halogens is 3. The fourth-order valence-corrected chi connectivity index (χ4v) is 2.04. The van der Waals surface area contributed by atoms with Gasteiger partial charge in [0.25, 0.3) is 0 Å². The van der Waals surface area contributed by atoms with Gasteiger partial charge in [-0.15, -0.1) is 5.10 Å². The number of anilines is 1. The molecular weight excluding hydrogens is 342 g/mol. The summed E-state index contributed by atoms with van der Waals surface area (Å²) in [5.41, 5.74) is 1.50. The summed E-state index contributed by atoms with van der Waals surface area (Å²) >= 11 is 4.85. The van der Waals surface area contributed by atoms with Crippen LogP contribution in [0, 0.1) is 0 Å². The molecule has 10 heteroatoms. The summed E-state index contributed by atoms with van der Waals surface area (Å²) in [5.74, 6) is -0.262. The minimum atomic E-state index is -3.68. The van der Waals surface area contributed by atoms with Gasteiger partial charge < -0.3 is 9.42 Å². The molecule has 126 valence electrons. The zero-order valence-corrected chi connectivity index (χ0v) is 13.6. The van der Waals surface area contributed by atoms with Gasteiger partial charge in [0.15, 0.2) is 0 Å². The van der Waals surface area contributed by atoms with Crippen molar-refractivity contribution >= 4 is 17.5 Å². The second kappa shape index (κ2) is 6.16. The molecule has 0 N–H and O–H groups in total. The smallest absolute Gasteiger partial charge is 0.346 e. The molecule has 0 bridgehead atoms. The summed E-state index contributed by atoms with van der Waals surface area (Å²) in [6.07, 6.45) is 1.64.